The maximum Gasteiger partial charge on any atom is 0.125 e. The molecule has 16 heavy (non-hydrogen) atoms. The van der Waals surface area contributed by atoms with E-state index in [9.17, 15) is 0 Å². The number of fused-ring (bicyclic) bond motifs is 1. The lowest BCUT2D eigenvalue weighted by Gasteiger charge is -2.25. The van der Waals surface area contributed by atoms with E-state index in [0.29, 0.717) is 0 Å². The number of hydrogen-bond donors (Lipinski definition) is 1. The molecule has 0 saturated carbocycles. The molecule has 0 fully saturated rings. The van der Waals surface area contributed by atoms with Gasteiger partial charge in [0.2, 0.25) is 0 Å². The lowest BCUT2D eigenvalue weighted by atomic mass is 9.93. The molecule has 84 valence electrons. The van der Waals surface area contributed by atoms with E-state index in [1.165, 1.54) is 11.1 Å². The van der Waals surface area contributed by atoms with E-state index < -0.39 is 0 Å². The van der Waals surface area contributed by atoms with Crippen LogP contribution in [-0.4, -0.2) is 6.54 Å². The van der Waals surface area contributed by atoms with Gasteiger partial charge in [-0.25, -0.2) is 0 Å². The van der Waals surface area contributed by atoms with Crippen LogP contribution in [0.3, 0.4) is 0 Å². The molecule has 0 spiro atoms. The zero-order chi connectivity index (χ0) is 10.1. The minimum atomic E-state index is 0. The zero-order valence-corrected chi connectivity index (χ0v) is 9.67. The lowest BCUT2D eigenvalue weighted by Crippen LogP contribution is -2.30. The summed E-state index contributed by atoms with van der Waals surface area (Å²) in [4.78, 5) is 0. The van der Waals surface area contributed by atoms with Crippen LogP contribution in [0.4, 0.5) is 0 Å². The Balaban J connectivity index is 0.000000963. The molecule has 1 aliphatic heterocycles. The second-order valence-corrected chi connectivity index (χ2v) is 3.85. The van der Waals surface area contributed by atoms with E-state index in [-0.39, 0.29) is 18.4 Å². The first kappa shape index (κ1) is 11.2. The molecule has 3 rings (SSSR count). The van der Waals surface area contributed by atoms with Crippen LogP contribution in [0.1, 0.15) is 22.9 Å². The van der Waals surface area contributed by atoms with Gasteiger partial charge in [-0.05, 0) is 29.7 Å². The Morgan fingerprint density at radius 3 is 2.81 bits per heavy atom. The highest BCUT2D eigenvalue weighted by Crippen LogP contribution is 2.28. The molecule has 0 radical (unpaired) electrons. The molecule has 2 aromatic rings. The molecule has 1 aliphatic rings. The van der Waals surface area contributed by atoms with Gasteiger partial charge in [-0.2, -0.15) is 0 Å². The number of rotatable bonds is 1. The van der Waals surface area contributed by atoms with Crippen molar-refractivity contribution in [3.05, 3.63) is 59.5 Å². The zero-order valence-electron chi connectivity index (χ0n) is 8.85. The predicted molar refractivity (Wildman–Crippen MR) is 65.9 cm³/mol. The number of benzene rings is 1. The van der Waals surface area contributed by atoms with Crippen molar-refractivity contribution in [1.82, 2.24) is 5.32 Å². The number of hydrogen-bond acceptors (Lipinski definition) is 2. The van der Waals surface area contributed by atoms with Crippen molar-refractivity contribution in [2.24, 2.45) is 0 Å². The van der Waals surface area contributed by atoms with E-state index in [4.69, 9.17) is 4.42 Å². The van der Waals surface area contributed by atoms with Gasteiger partial charge in [-0.1, -0.05) is 24.3 Å². The first-order valence-electron chi connectivity index (χ1n) is 5.30. The van der Waals surface area contributed by atoms with Crippen LogP contribution < -0.4 is 5.32 Å². The van der Waals surface area contributed by atoms with Gasteiger partial charge >= 0.3 is 0 Å². The Hall–Kier alpha value is -1.25. The maximum absolute atomic E-state index is 5.47. The third kappa shape index (κ3) is 1.86. The fraction of sp³-hybridized carbons (Fsp3) is 0.231. The Labute approximate surface area is 101 Å². The second-order valence-electron chi connectivity index (χ2n) is 3.85. The maximum atomic E-state index is 5.47. The minimum absolute atomic E-state index is 0. The third-order valence-corrected chi connectivity index (χ3v) is 2.94. The number of furan rings is 1. The van der Waals surface area contributed by atoms with Crippen molar-refractivity contribution >= 4 is 12.4 Å². The SMILES string of the molecule is Cl.c1coc([C@@H]2NCCc3ccccc32)c1. The third-order valence-electron chi connectivity index (χ3n) is 2.94. The van der Waals surface area contributed by atoms with E-state index in [1.807, 2.05) is 12.1 Å². The molecule has 3 heteroatoms. The Morgan fingerprint density at radius 2 is 2.00 bits per heavy atom. The molecule has 2 heterocycles. The van der Waals surface area contributed by atoms with Gasteiger partial charge in [0.1, 0.15) is 5.76 Å². The normalized spacial score (nSPS) is 18.6. The van der Waals surface area contributed by atoms with Gasteiger partial charge < -0.3 is 9.73 Å². The Kier molecular flexibility index (Phi) is 3.32. The van der Waals surface area contributed by atoms with Crippen molar-refractivity contribution in [3.8, 4) is 0 Å². The monoisotopic (exact) mass is 235 g/mol. The van der Waals surface area contributed by atoms with Crippen molar-refractivity contribution in [2.45, 2.75) is 12.5 Å². The highest BCUT2D eigenvalue weighted by molar-refractivity contribution is 5.85. The summed E-state index contributed by atoms with van der Waals surface area (Å²) in [5.41, 5.74) is 2.77. The molecule has 0 bridgehead atoms. The average molecular weight is 236 g/mol. The quantitative estimate of drug-likeness (QED) is 0.822. The second kappa shape index (κ2) is 4.73. The fourth-order valence-corrected chi connectivity index (χ4v) is 2.21. The largest absolute Gasteiger partial charge is 0.467 e. The van der Waals surface area contributed by atoms with Gasteiger partial charge in [0.25, 0.3) is 0 Å². The average Bonchev–Trinajstić information content (AvgIpc) is 2.82. The summed E-state index contributed by atoms with van der Waals surface area (Å²) in [7, 11) is 0. The summed E-state index contributed by atoms with van der Waals surface area (Å²) in [6.45, 7) is 1.02. The van der Waals surface area contributed by atoms with Gasteiger partial charge in [-0.3, -0.25) is 0 Å². The van der Waals surface area contributed by atoms with Gasteiger partial charge in [0.05, 0.1) is 12.3 Å². The molecule has 1 N–H and O–H groups in total. The van der Waals surface area contributed by atoms with E-state index in [0.717, 1.165) is 18.7 Å². The predicted octanol–water partition coefficient (Wildman–Crippen LogP) is 2.94. The fourth-order valence-electron chi connectivity index (χ4n) is 2.21. The van der Waals surface area contributed by atoms with Crippen LogP contribution in [0.15, 0.2) is 47.1 Å². The lowest BCUT2D eigenvalue weighted by molar-refractivity contribution is 0.435. The van der Waals surface area contributed by atoms with Crippen LogP contribution in [0.5, 0.6) is 0 Å². The standard InChI is InChI=1S/C13H13NO.ClH/c1-2-5-11-10(4-1)7-8-14-13(11)12-6-3-9-15-12;/h1-6,9,13-14H,7-8H2;1H/t13-;/m1./s1. The smallest absolute Gasteiger partial charge is 0.125 e. The van der Waals surface area contributed by atoms with E-state index in [1.54, 1.807) is 6.26 Å². The van der Waals surface area contributed by atoms with E-state index >= 15 is 0 Å². The molecule has 0 amide bonds. The summed E-state index contributed by atoms with van der Waals surface area (Å²) in [5.74, 6) is 1.00. The van der Waals surface area contributed by atoms with Crippen LogP contribution in [0.2, 0.25) is 0 Å². The van der Waals surface area contributed by atoms with E-state index in [2.05, 4.69) is 29.6 Å². The summed E-state index contributed by atoms with van der Waals surface area (Å²) in [6, 6.07) is 12.8. The molecule has 0 saturated heterocycles. The summed E-state index contributed by atoms with van der Waals surface area (Å²) in [6.07, 6.45) is 2.83. The highest BCUT2D eigenvalue weighted by Gasteiger charge is 2.22. The van der Waals surface area contributed by atoms with Crippen LogP contribution in [0, 0.1) is 0 Å². The molecule has 1 aromatic heterocycles. The molecular weight excluding hydrogens is 222 g/mol. The van der Waals surface area contributed by atoms with Crippen LogP contribution in [-0.2, 0) is 6.42 Å². The molecule has 2 nitrogen and oxygen atoms in total. The Morgan fingerprint density at radius 1 is 1.12 bits per heavy atom. The summed E-state index contributed by atoms with van der Waals surface area (Å²) < 4.78 is 5.47. The number of halogens is 1. The van der Waals surface area contributed by atoms with Crippen molar-refractivity contribution in [1.29, 1.82) is 0 Å². The Bertz CT molecular complexity index is 453. The van der Waals surface area contributed by atoms with Gasteiger partial charge in [0.15, 0.2) is 0 Å². The summed E-state index contributed by atoms with van der Waals surface area (Å²) in [5, 5.41) is 3.48. The highest BCUT2D eigenvalue weighted by atomic mass is 35.5. The molecule has 1 atom stereocenters. The topological polar surface area (TPSA) is 25.2 Å². The number of nitrogens with one attached hydrogen (secondary N) is 1. The first-order valence-corrected chi connectivity index (χ1v) is 5.30. The van der Waals surface area contributed by atoms with Crippen LogP contribution >= 0.6 is 12.4 Å². The minimum Gasteiger partial charge on any atom is -0.467 e. The van der Waals surface area contributed by atoms with Gasteiger partial charge in [0, 0.05) is 6.54 Å². The first-order chi connectivity index (χ1) is 7.45. The van der Waals surface area contributed by atoms with Gasteiger partial charge in [-0.15, -0.1) is 12.4 Å². The van der Waals surface area contributed by atoms with Crippen molar-refractivity contribution in [3.63, 3.8) is 0 Å². The molecule has 0 unspecified atom stereocenters. The summed E-state index contributed by atoms with van der Waals surface area (Å²) >= 11 is 0. The molecule has 1 aromatic carbocycles. The van der Waals surface area contributed by atoms with Crippen molar-refractivity contribution < 1.29 is 4.42 Å². The van der Waals surface area contributed by atoms with Crippen LogP contribution in [0.25, 0.3) is 0 Å². The molecule has 0 aliphatic carbocycles. The van der Waals surface area contributed by atoms with Crippen molar-refractivity contribution in [2.75, 3.05) is 6.54 Å². The molecular formula is C13H14ClNO.